The third-order valence-corrected chi connectivity index (χ3v) is 8.31. The van der Waals surface area contributed by atoms with E-state index in [-0.39, 0.29) is 12.1 Å². The third kappa shape index (κ3) is 3.69. The summed E-state index contributed by atoms with van der Waals surface area (Å²) in [6.45, 7) is 1.83. The second-order valence-corrected chi connectivity index (χ2v) is 10.5. The zero-order valence-electron chi connectivity index (χ0n) is 16.8. The molecule has 5 rings (SSSR count). The Hall–Kier alpha value is -1.77. The molecule has 0 aromatic carbocycles. The largest absolute Gasteiger partial charge is 0.394 e. The highest BCUT2D eigenvalue weighted by atomic mass is 35.5. The maximum atomic E-state index is 12.6. The first-order chi connectivity index (χ1) is 14.6. The minimum Gasteiger partial charge on any atom is -0.394 e. The Morgan fingerprint density at radius 3 is 2.63 bits per heavy atom. The van der Waals surface area contributed by atoms with Crippen LogP contribution in [0.15, 0.2) is 23.4 Å². The number of fused-ring (bicyclic) bond motifs is 1. The van der Waals surface area contributed by atoms with E-state index in [1.54, 1.807) is 12.4 Å². The van der Waals surface area contributed by atoms with Crippen LogP contribution in [0.25, 0.3) is 0 Å². The fraction of sp³-hybridized carbons (Fsp3) is 0.571. The van der Waals surface area contributed by atoms with Gasteiger partial charge in [-0.1, -0.05) is 11.6 Å². The second kappa shape index (κ2) is 8.05. The summed E-state index contributed by atoms with van der Waals surface area (Å²) in [5.74, 6) is 1.70. The molecular formula is C21H26ClN5O2S. The maximum absolute atomic E-state index is 12.6. The summed E-state index contributed by atoms with van der Waals surface area (Å²) in [5.41, 5.74) is 2.68. The number of hydrogen-bond donors (Lipinski definition) is 2. The van der Waals surface area contributed by atoms with Gasteiger partial charge in [-0.05, 0) is 38.2 Å². The normalized spacial score (nSPS) is 23.1. The fourth-order valence-corrected chi connectivity index (χ4v) is 6.13. The average Bonchev–Trinajstić information content (AvgIpc) is 3.12. The van der Waals surface area contributed by atoms with Crippen molar-refractivity contribution in [2.24, 2.45) is 0 Å². The van der Waals surface area contributed by atoms with Crippen LogP contribution in [0.4, 0.5) is 11.6 Å². The molecule has 9 heteroatoms. The van der Waals surface area contributed by atoms with Crippen LogP contribution in [-0.2, 0) is 17.2 Å². The van der Waals surface area contributed by atoms with Crippen molar-refractivity contribution in [3.05, 3.63) is 34.9 Å². The maximum Gasteiger partial charge on any atom is 0.225 e. The molecule has 1 saturated heterocycles. The van der Waals surface area contributed by atoms with Gasteiger partial charge in [-0.15, -0.1) is 0 Å². The Morgan fingerprint density at radius 1 is 1.27 bits per heavy atom. The van der Waals surface area contributed by atoms with Crippen molar-refractivity contribution < 1.29 is 9.32 Å². The van der Waals surface area contributed by atoms with Gasteiger partial charge in [0.1, 0.15) is 0 Å². The molecule has 2 aromatic rings. The molecule has 3 aliphatic rings. The van der Waals surface area contributed by atoms with Crippen LogP contribution >= 0.6 is 11.6 Å². The molecule has 2 aromatic heterocycles. The van der Waals surface area contributed by atoms with Crippen LogP contribution in [0.1, 0.15) is 49.4 Å². The Balaban J connectivity index is 1.37. The van der Waals surface area contributed by atoms with Crippen molar-refractivity contribution in [2.45, 2.75) is 54.9 Å². The average molecular weight is 448 g/mol. The first-order valence-electron chi connectivity index (χ1n) is 10.6. The lowest BCUT2D eigenvalue weighted by atomic mass is 9.77. The monoisotopic (exact) mass is 447 g/mol. The molecule has 0 spiro atoms. The number of halogens is 1. The van der Waals surface area contributed by atoms with Gasteiger partial charge in [0.2, 0.25) is 5.95 Å². The van der Waals surface area contributed by atoms with Gasteiger partial charge in [0.15, 0.2) is 0 Å². The quantitative estimate of drug-likeness (QED) is 0.728. The van der Waals surface area contributed by atoms with Crippen molar-refractivity contribution >= 4 is 34.0 Å². The minimum atomic E-state index is -1.01. The molecule has 2 N–H and O–H groups in total. The van der Waals surface area contributed by atoms with Gasteiger partial charge in [0.25, 0.3) is 0 Å². The lowest BCUT2D eigenvalue weighted by Gasteiger charge is -2.42. The summed E-state index contributed by atoms with van der Waals surface area (Å²) in [5, 5.41) is 14.0. The predicted octanol–water partition coefficient (Wildman–Crippen LogP) is 2.90. The highest BCUT2D eigenvalue weighted by molar-refractivity contribution is 7.85. The van der Waals surface area contributed by atoms with E-state index in [9.17, 15) is 9.32 Å². The standard InChI is InChI=1S/C21H26ClN5O2S/c22-15-11-23-20(24-12-15)27-7-2-14(3-8-27)17-10-18(26-21(13-28)5-1-6-21)19-16(25-17)4-9-30(19)29/h10-12,14,28H,1-9,13H2,(H,25,26)/t30-/m0/s1. The van der Waals surface area contributed by atoms with Crippen LogP contribution in [-0.4, -0.2) is 55.3 Å². The molecule has 4 heterocycles. The molecule has 1 saturated carbocycles. The van der Waals surface area contributed by atoms with E-state index >= 15 is 0 Å². The van der Waals surface area contributed by atoms with E-state index in [1.165, 1.54) is 0 Å². The topological polar surface area (TPSA) is 91.2 Å². The molecule has 0 bridgehead atoms. The summed E-state index contributed by atoms with van der Waals surface area (Å²) in [4.78, 5) is 16.6. The predicted molar refractivity (Wildman–Crippen MR) is 118 cm³/mol. The van der Waals surface area contributed by atoms with Gasteiger partial charge < -0.3 is 15.3 Å². The highest BCUT2D eigenvalue weighted by Gasteiger charge is 2.38. The number of pyridine rings is 1. The molecule has 0 radical (unpaired) electrons. The summed E-state index contributed by atoms with van der Waals surface area (Å²) in [6, 6.07) is 2.09. The van der Waals surface area contributed by atoms with E-state index in [4.69, 9.17) is 16.6 Å². The van der Waals surface area contributed by atoms with E-state index < -0.39 is 10.8 Å². The molecular weight excluding hydrogens is 422 g/mol. The van der Waals surface area contributed by atoms with Gasteiger partial charge in [-0.25, -0.2) is 9.97 Å². The molecule has 7 nitrogen and oxygen atoms in total. The first kappa shape index (κ1) is 20.2. The van der Waals surface area contributed by atoms with Crippen LogP contribution in [0.3, 0.4) is 0 Å². The number of hydrogen-bond acceptors (Lipinski definition) is 7. The molecule has 1 aliphatic carbocycles. The smallest absolute Gasteiger partial charge is 0.225 e. The van der Waals surface area contributed by atoms with Crippen molar-refractivity contribution in [3.63, 3.8) is 0 Å². The highest BCUT2D eigenvalue weighted by Crippen LogP contribution is 2.40. The third-order valence-electron chi connectivity index (χ3n) is 6.63. The van der Waals surface area contributed by atoms with Crippen LogP contribution in [0.5, 0.6) is 0 Å². The zero-order valence-corrected chi connectivity index (χ0v) is 18.4. The van der Waals surface area contributed by atoms with Crippen LogP contribution in [0, 0.1) is 0 Å². The summed E-state index contributed by atoms with van der Waals surface area (Å²) < 4.78 is 12.6. The molecule has 2 fully saturated rings. The van der Waals surface area contributed by atoms with E-state index in [2.05, 4.69) is 26.3 Å². The second-order valence-electron chi connectivity index (χ2n) is 8.55. The Bertz CT molecular complexity index is 953. The number of rotatable bonds is 5. The number of aliphatic hydroxyl groups excluding tert-OH is 1. The van der Waals surface area contributed by atoms with Gasteiger partial charge >= 0.3 is 0 Å². The molecule has 2 aliphatic heterocycles. The van der Waals surface area contributed by atoms with Gasteiger partial charge in [0.05, 0.1) is 56.6 Å². The lowest BCUT2D eigenvalue weighted by Crippen LogP contribution is -2.48. The Morgan fingerprint density at radius 2 is 2.00 bits per heavy atom. The van der Waals surface area contributed by atoms with Gasteiger partial charge in [-0.2, -0.15) is 0 Å². The number of anilines is 2. The Labute approximate surface area is 183 Å². The summed E-state index contributed by atoms with van der Waals surface area (Å²) in [7, 11) is -1.01. The van der Waals surface area contributed by atoms with Crippen LogP contribution in [0.2, 0.25) is 5.02 Å². The van der Waals surface area contributed by atoms with Crippen LogP contribution < -0.4 is 10.2 Å². The SMILES string of the molecule is O=[S@]1CCc2nc(C3CCN(c4ncc(Cl)cn4)CC3)cc(NC3(CO)CCC3)c21. The van der Waals surface area contributed by atoms with E-state index in [0.29, 0.717) is 22.6 Å². The molecule has 30 heavy (non-hydrogen) atoms. The molecule has 160 valence electrons. The molecule has 1 atom stereocenters. The van der Waals surface area contributed by atoms with E-state index in [0.717, 1.165) is 73.6 Å². The number of nitrogens with one attached hydrogen (secondary N) is 1. The summed E-state index contributed by atoms with van der Waals surface area (Å²) >= 11 is 5.90. The summed E-state index contributed by atoms with van der Waals surface area (Å²) in [6.07, 6.45) is 8.96. The lowest BCUT2D eigenvalue weighted by molar-refractivity contribution is 0.144. The first-order valence-corrected chi connectivity index (χ1v) is 12.3. The molecule has 0 amide bonds. The fourth-order valence-electron chi connectivity index (χ4n) is 4.68. The zero-order chi connectivity index (χ0) is 20.7. The van der Waals surface area contributed by atoms with Crippen molar-refractivity contribution in [1.29, 1.82) is 0 Å². The molecule has 0 unspecified atom stereocenters. The number of aromatic nitrogens is 3. The van der Waals surface area contributed by atoms with E-state index in [1.807, 2.05) is 0 Å². The van der Waals surface area contributed by atoms with Crippen molar-refractivity contribution in [3.8, 4) is 0 Å². The van der Waals surface area contributed by atoms with Crippen molar-refractivity contribution in [2.75, 3.05) is 35.7 Å². The number of nitrogens with zero attached hydrogens (tertiary/aromatic N) is 4. The van der Waals surface area contributed by atoms with Gasteiger partial charge in [-0.3, -0.25) is 9.19 Å². The minimum absolute atomic E-state index is 0.103. The van der Waals surface area contributed by atoms with Gasteiger partial charge in [0, 0.05) is 36.9 Å². The number of aliphatic hydroxyl groups is 1. The van der Waals surface area contributed by atoms with Crippen molar-refractivity contribution in [1.82, 2.24) is 15.0 Å². The number of piperidine rings is 1. The Kier molecular flexibility index (Phi) is 5.41. The number of aryl methyl sites for hydroxylation is 1.